The third kappa shape index (κ3) is 4.20. The van der Waals surface area contributed by atoms with Gasteiger partial charge < -0.3 is 15.4 Å². The van der Waals surface area contributed by atoms with Gasteiger partial charge >= 0.3 is 5.97 Å². The van der Waals surface area contributed by atoms with Crippen LogP contribution in [0.25, 0.3) is 0 Å². The fraction of sp³-hybridized carbons (Fsp3) is 0.609. The summed E-state index contributed by atoms with van der Waals surface area (Å²) in [5.74, 6) is 0.222. The highest BCUT2D eigenvalue weighted by molar-refractivity contribution is 5.94. The van der Waals surface area contributed by atoms with Gasteiger partial charge in [0.05, 0.1) is 0 Å². The second kappa shape index (κ2) is 8.00. The number of amides is 2. The third-order valence-corrected chi connectivity index (χ3v) is 7.02. The maximum absolute atomic E-state index is 13.6. The van der Waals surface area contributed by atoms with Crippen molar-refractivity contribution in [3.63, 3.8) is 0 Å². The number of rotatable bonds is 6. The average molecular weight is 416 g/mol. The Balaban J connectivity index is 1.26. The van der Waals surface area contributed by atoms with Crippen LogP contribution in [0.15, 0.2) is 18.2 Å². The summed E-state index contributed by atoms with van der Waals surface area (Å²) in [6, 6.07) is 3.52. The van der Waals surface area contributed by atoms with E-state index in [-0.39, 0.29) is 11.3 Å². The van der Waals surface area contributed by atoms with Crippen molar-refractivity contribution >= 4 is 23.5 Å². The van der Waals surface area contributed by atoms with Crippen molar-refractivity contribution in [1.29, 1.82) is 0 Å². The van der Waals surface area contributed by atoms with Crippen LogP contribution in [0.1, 0.15) is 51.0 Å². The number of carbonyl (C=O) groups excluding carboxylic acids is 3. The van der Waals surface area contributed by atoms with Crippen LogP contribution in [0.3, 0.4) is 0 Å². The van der Waals surface area contributed by atoms with Crippen molar-refractivity contribution in [2.45, 2.75) is 58.4 Å². The van der Waals surface area contributed by atoms with E-state index < -0.39 is 30.3 Å². The molecule has 1 aromatic carbocycles. The summed E-state index contributed by atoms with van der Waals surface area (Å²) in [6.07, 6.45) is 6.48. The number of aryl methyl sites for hydroxylation is 1. The van der Waals surface area contributed by atoms with E-state index in [1.807, 2.05) is 0 Å². The topological polar surface area (TPSA) is 84.5 Å². The van der Waals surface area contributed by atoms with E-state index in [9.17, 15) is 18.8 Å². The molecular weight excluding hydrogens is 387 g/mol. The molecule has 2 N–H and O–H groups in total. The van der Waals surface area contributed by atoms with Crippen molar-refractivity contribution in [1.82, 2.24) is 5.32 Å². The van der Waals surface area contributed by atoms with Gasteiger partial charge in [0, 0.05) is 11.1 Å². The molecule has 1 atom stereocenters. The van der Waals surface area contributed by atoms with Gasteiger partial charge in [-0.15, -0.1) is 0 Å². The Morgan fingerprint density at radius 1 is 1.13 bits per heavy atom. The molecule has 0 spiro atoms. The Morgan fingerprint density at radius 3 is 2.30 bits per heavy atom. The molecule has 30 heavy (non-hydrogen) atoms. The first kappa shape index (κ1) is 20.8. The number of hydrogen-bond acceptors (Lipinski definition) is 4. The Hall–Kier alpha value is -2.44. The van der Waals surface area contributed by atoms with Crippen molar-refractivity contribution in [2.75, 3.05) is 11.9 Å². The van der Waals surface area contributed by atoms with E-state index in [0.29, 0.717) is 29.0 Å². The number of nitrogens with one attached hydrogen (secondary N) is 2. The van der Waals surface area contributed by atoms with Crippen LogP contribution < -0.4 is 10.6 Å². The molecule has 0 heterocycles. The minimum atomic E-state index is -0.824. The van der Waals surface area contributed by atoms with Gasteiger partial charge in [-0.2, -0.15) is 0 Å². The van der Waals surface area contributed by atoms with Gasteiger partial charge in [0.1, 0.15) is 11.9 Å². The van der Waals surface area contributed by atoms with Gasteiger partial charge in [-0.25, -0.2) is 9.18 Å². The summed E-state index contributed by atoms with van der Waals surface area (Å²) in [5, 5.41) is 5.32. The lowest BCUT2D eigenvalue weighted by molar-refractivity contribution is -0.154. The smallest absolute Gasteiger partial charge is 0.328 e. The SMILES string of the molecule is Cc1ccc(NC(=O)COC(=O)[C@H](C)NC(=O)C23CC4CC(CC(C4)C2)C3)cc1F. The molecule has 0 unspecified atom stereocenters. The van der Waals surface area contributed by atoms with E-state index in [2.05, 4.69) is 10.6 Å². The number of esters is 1. The normalized spacial score (nSPS) is 29.9. The monoisotopic (exact) mass is 416 g/mol. The Morgan fingerprint density at radius 2 is 1.73 bits per heavy atom. The van der Waals surface area contributed by atoms with Crippen LogP contribution in [-0.4, -0.2) is 30.4 Å². The molecule has 1 aromatic rings. The summed E-state index contributed by atoms with van der Waals surface area (Å²) >= 11 is 0. The highest BCUT2D eigenvalue weighted by Gasteiger charge is 2.54. The lowest BCUT2D eigenvalue weighted by atomic mass is 9.49. The minimum absolute atomic E-state index is 0.0503. The number of carbonyl (C=O) groups is 3. The van der Waals surface area contributed by atoms with Gasteiger partial charge in [0.15, 0.2) is 6.61 Å². The average Bonchev–Trinajstić information content (AvgIpc) is 2.68. The maximum Gasteiger partial charge on any atom is 0.328 e. The van der Waals surface area contributed by atoms with Crippen LogP contribution >= 0.6 is 0 Å². The third-order valence-electron chi connectivity index (χ3n) is 7.02. The zero-order valence-corrected chi connectivity index (χ0v) is 17.5. The minimum Gasteiger partial charge on any atom is -0.454 e. The summed E-state index contributed by atoms with van der Waals surface area (Å²) in [4.78, 5) is 37.3. The quantitative estimate of drug-likeness (QED) is 0.697. The first-order chi connectivity index (χ1) is 14.2. The number of halogens is 1. The highest BCUT2D eigenvalue weighted by atomic mass is 19.1. The molecule has 4 bridgehead atoms. The fourth-order valence-corrected chi connectivity index (χ4v) is 5.93. The van der Waals surface area contributed by atoms with Gasteiger partial charge in [-0.3, -0.25) is 9.59 Å². The Bertz CT molecular complexity index is 833. The molecule has 4 saturated carbocycles. The van der Waals surface area contributed by atoms with Crippen LogP contribution in [0.5, 0.6) is 0 Å². The van der Waals surface area contributed by atoms with Crippen LogP contribution in [-0.2, 0) is 19.1 Å². The first-order valence-electron chi connectivity index (χ1n) is 10.8. The summed E-state index contributed by atoms with van der Waals surface area (Å²) in [5.41, 5.74) is 0.432. The Labute approximate surface area is 175 Å². The molecule has 5 rings (SSSR count). The van der Waals surface area contributed by atoms with Crippen molar-refractivity contribution in [3.8, 4) is 0 Å². The molecule has 0 aromatic heterocycles. The maximum atomic E-state index is 13.6. The van der Waals surface area contributed by atoms with E-state index in [4.69, 9.17) is 4.74 Å². The largest absolute Gasteiger partial charge is 0.454 e. The number of anilines is 1. The second-order valence-corrected chi connectivity index (χ2v) is 9.51. The van der Waals surface area contributed by atoms with Crippen molar-refractivity contribution in [2.24, 2.45) is 23.2 Å². The molecule has 162 valence electrons. The number of benzene rings is 1. The molecule has 7 heteroatoms. The zero-order chi connectivity index (χ0) is 21.5. The van der Waals surface area contributed by atoms with E-state index in [1.54, 1.807) is 26.0 Å². The summed E-state index contributed by atoms with van der Waals surface area (Å²) in [6.45, 7) is 2.71. The lowest BCUT2D eigenvalue weighted by Crippen LogP contribution is -2.56. The predicted molar refractivity (Wildman–Crippen MR) is 109 cm³/mol. The van der Waals surface area contributed by atoms with E-state index in [0.717, 1.165) is 19.3 Å². The Kier molecular flexibility index (Phi) is 5.55. The predicted octanol–water partition coefficient (Wildman–Crippen LogP) is 3.34. The summed E-state index contributed by atoms with van der Waals surface area (Å²) < 4.78 is 18.6. The van der Waals surface area contributed by atoms with Crippen molar-refractivity contribution < 1.29 is 23.5 Å². The highest BCUT2D eigenvalue weighted by Crippen LogP contribution is 2.60. The molecule has 2 amide bonds. The van der Waals surface area contributed by atoms with Gasteiger partial charge in [0.2, 0.25) is 5.91 Å². The van der Waals surface area contributed by atoms with Crippen LogP contribution in [0, 0.1) is 35.9 Å². The fourth-order valence-electron chi connectivity index (χ4n) is 5.93. The molecule has 4 aliphatic rings. The molecule has 6 nitrogen and oxygen atoms in total. The van der Waals surface area contributed by atoms with E-state index in [1.165, 1.54) is 25.3 Å². The molecule has 0 saturated heterocycles. The van der Waals surface area contributed by atoms with Gasteiger partial charge in [0.25, 0.3) is 5.91 Å². The summed E-state index contributed by atoms with van der Waals surface area (Å²) in [7, 11) is 0. The van der Waals surface area contributed by atoms with Gasteiger partial charge in [-0.1, -0.05) is 6.07 Å². The molecule has 4 aliphatic carbocycles. The molecule has 0 aliphatic heterocycles. The lowest BCUT2D eigenvalue weighted by Gasteiger charge is -2.55. The van der Waals surface area contributed by atoms with Crippen LogP contribution in [0.2, 0.25) is 0 Å². The first-order valence-corrected chi connectivity index (χ1v) is 10.8. The van der Waals surface area contributed by atoms with Crippen LogP contribution in [0.4, 0.5) is 10.1 Å². The molecule has 4 fully saturated rings. The van der Waals surface area contributed by atoms with Crippen molar-refractivity contribution in [3.05, 3.63) is 29.6 Å². The van der Waals surface area contributed by atoms with E-state index >= 15 is 0 Å². The zero-order valence-electron chi connectivity index (χ0n) is 17.5. The molecular formula is C23H29FN2O4. The standard InChI is InChI=1S/C23H29FN2O4/c1-13-3-4-18(8-19(13)24)26-20(27)12-30-21(28)14(2)25-22(29)23-9-15-5-16(10-23)7-17(6-15)11-23/h3-4,8,14-17H,5-7,9-12H2,1-2H3,(H,25,29)(H,26,27)/t14-,15?,16?,17?,23?/m0/s1. The second-order valence-electron chi connectivity index (χ2n) is 9.51. The number of ether oxygens (including phenoxy) is 1. The number of hydrogen-bond donors (Lipinski definition) is 2. The molecule has 0 radical (unpaired) electrons. The van der Waals surface area contributed by atoms with Gasteiger partial charge in [-0.05, 0) is 87.8 Å².